The van der Waals surface area contributed by atoms with E-state index in [1.54, 1.807) is 7.11 Å². The Morgan fingerprint density at radius 1 is 1.55 bits per heavy atom. The van der Waals surface area contributed by atoms with Gasteiger partial charge >= 0.3 is 0 Å². The Kier molecular flexibility index (Phi) is 4.32. The van der Waals surface area contributed by atoms with Crippen molar-refractivity contribution in [2.24, 2.45) is 7.05 Å². The minimum absolute atomic E-state index is 0.223. The molecule has 5 heteroatoms. The van der Waals surface area contributed by atoms with E-state index in [1.165, 1.54) is 0 Å². The van der Waals surface area contributed by atoms with E-state index in [9.17, 15) is 5.26 Å². The number of nitrogens with one attached hydrogen (secondary N) is 1. The average Bonchev–Trinajstić information content (AvgIpc) is 3.17. The lowest BCUT2D eigenvalue weighted by molar-refractivity contribution is 0.109. The molecule has 0 spiro atoms. The van der Waals surface area contributed by atoms with Crippen molar-refractivity contribution >= 4 is 10.9 Å². The second-order valence-electron chi connectivity index (χ2n) is 5.68. The van der Waals surface area contributed by atoms with Gasteiger partial charge in [0.1, 0.15) is 11.8 Å². The first-order valence-electron chi connectivity index (χ1n) is 7.60. The average molecular weight is 299 g/mol. The van der Waals surface area contributed by atoms with Crippen LogP contribution < -0.4 is 10.1 Å². The third-order valence-electron chi connectivity index (χ3n) is 4.24. The second-order valence-corrected chi connectivity index (χ2v) is 5.68. The monoisotopic (exact) mass is 299 g/mol. The molecule has 2 atom stereocenters. The molecular formula is C17H21N3O2. The first-order valence-corrected chi connectivity index (χ1v) is 7.60. The van der Waals surface area contributed by atoms with Crippen LogP contribution in [0.15, 0.2) is 24.4 Å². The molecule has 1 aromatic heterocycles. The van der Waals surface area contributed by atoms with Gasteiger partial charge in [-0.2, -0.15) is 5.26 Å². The van der Waals surface area contributed by atoms with E-state index >= 15 is 0 Å². The van der Waals surface area contributed by atoms with Crippen LogP contribution in [0.5, 0.6) is 5.75 Å². The number of aryl methyl sites for hydroxylation is 1. The summed E-state index contributed by atoms with van der Waals surface area (Å²) in [6.45, 7) is 1.54. The van der Waals surface area contributed by atoms with Gasteiger partial charge in [-0.05, 0) is 31.0 Å². The van der Waals surface area contributed by atoms with Crippen LogP contribution in [0.25, 0.3) is 10.9 Å². The summed E-state index contributed by atoms with van der Waals surface area (Å²) >= 11 is 0. The maximum Gasteiger partial charge on any atom is 0.123 e. The van der Waals surface area contributed by atoms with Gasteiger partial charge in [-0.1, -0.05) is 0 Å². The molecule has 1 fully saturated rings. The molecule has 1 saturated heterocycles. The molecule has 0 bridgehead atoms. The van der Waals surface area contributed by atoms with Crippen LogP contribution in [-0.2, 0) is 11.8 Å². The molecule has 0 aliphatic carbocycles. The number of aromatic nitrogens is 1. The Balaban J connectivity index is 1.87. The Bertz CT molecular complexity index is 696. The van der Waals surface area contributed by atoms with Crippen molar-refractivity contribution in [2.75, 3.05) is 20.3 Å². The summed E-state index contributed by atoms with van der Waals surface area (Å²) in [6.07, 6.45) is 4.41. The topological polar surface area (TPSA) is 59.2 Å². The first kappa shape index (κ1) is 14.9. The summed E-state index contributed by atoms with van der Waals surface area (Å²) in [4.78, 5) is 0. The van der Waals surface area contributed by atoms with E-state index in [4.69, 9.17) is 9.47 Å². The standard InChI is InChI=1S/C17H21N3O2/c1-20-11-15(14-8-12(21-2)5-6-17(14)20)16(9-18)19-10-13-4-3-7-22-13/h5-6,8,11,13,16,19H,3-4,7,10H2,1-2H3. The SMILES string of the molecule is COc1ccc2c(c1)c(C(C#N)NCC1CCCO1)cn2C. The number of rotatable bonds is 5. The summed E-state index contributed by atoms with van der Waals surface area (Å²) in [5.41, 5.74) is 2.08. The van der Waals surface area contributed by atoms with E-state index < -0.39 is 0 Å². The number of fused-ring (bicyclic) bond motifs is 1. The van der Waals surface area contributed by atoms with Crippen LogP contribution in [0.3, 0.4) is 0 Å². The fourth-order valence-corrected chi connectivity index (χ4v) is 3.04. The molecule has 1 aliphatic rings. The summed E-state index contributed by atoms with van der Waals surface area (Å²) in [6, 6.07) is 7.96. The van der Waals surface area contributed by atoms with Gasteiger partial charge in [-0.15, -0.1) is 0 Å². The zero-order chi connectivity index (χ0) is 15.5. The number of hydrogen-bond donors (Lipinski definition) is 1. The van der Waals surface area contributed by atoms with Gasteiger partial charge in [0.05, 0.1) is 19.3 Å². The first-order chi connectivity index (χ1) is 10.7. The lowest BCUT2D eigenvalue weighted by Gasteiger charge is -2.15. The molecule has 0 amide bonds. The van der Waals surface area contributed by atoms with Crippen LogP contribution in [0, 0.1) is 11.3 Å². The van der Waals surface area contributed by atoms with Crippen molar-refractivity contribution in [3.05, 3.63) is 30.0 Å². The molecule has 2 aromatic rings. The minimum Gasteiger partial charge on any atom is -0.497 e. The molecule has 1 aromatic carbocycles. The molecule has 116 valence electrons. The zero-order valence-electron chi connectivity index (χ0n) is 13.0. The molecule has 1 N–H and O–H groups in total. The highest BCUT2D eigenvalue weighted by Crippen LogP contribution is 2.29. The molecule has 1 aliphatic heterocycles. The number of nitrogens with zero attached hydrogens (tertiary/aromatic N) is 2. The maximum absolute atomic E-state index is 9.55. The quantitative estimate of drug-likeness (QED) is 0.921. The van der Waals surface area contributed by atoms with Crippen molar-refractivity contribution in [1.82, 2.24) is 9.88 Å². The van der Waals surface area contributed by atoms with Gasteiger partial charge in [0.2, 0.25) is 0 Å². The van der Waals surface area contributed by atoms with Gasteiger partial charge < -0.3 is 14.0 Å². The van der Waals surface area contributed by atoms with E-state index in [0.717, 1.165) is 41.7 Å². The predicted octanol–water partition coefficient (Wildman–Crippen LogP) is 2.52. The normalized spacial score (nSPS) is 19.2. The van der Waals surface area contributed by atoms with Crippen molar-refractivity contribution < 1.29 is 9.47 Å². The van der Waals surface area contributed by atoms with Gasteiger partial charge in [0, 0.05) is 42.9 Å². The minimum atomic E-state index is -0.347. The zero-order valence-corrected chi connectivity index (χ0v) is 13.0. The van der Waals surface area contributed by atoms with E-state index in [0.29, 0.717) is 6.54 Å². The fraction of sp³-hybridized carbons (Fsp3) is 0.471. The molecule has 5 nitrogen and oxygen atoms in total. The van der Waals surface area contributed by atoms with Crippen LogP contribution in [-0.4, -0.2) is 30.9 Å². The maximum atomic E-state index is 9.55. The van der Waals surface area contributed by atoms with Gasteiger partial charge in [-0.3, -0.25) is 5.32 Å². The van der Waals surface area contributed by atoms with Crippen molar-refractivity contribution in [3.8, 4) is 11.8 Å². The summed E-state index contributed by atoms with van der Waals surface area (Å²) in [5.74, 6) is 0.802. The van der Waals surface area contributed by atoms with Crippen molar-refractivity contribution in [2.45, 2.75) is 25.0 Å². The lowest BCUT2D eigenvalue weighted by atomic mass is 10.1. The number of nitriles is 1. The second kappa shape index (κ2) is 6.39. The van der Waals surface area contributed by atoms with Gasteiger partial charge in [-0.25, -0.2) is 0 Å². The Morgan fingerprint density at radius 2 is 2.41 bits per heavy atom. The lowest BCUT2D eigenvalue weighted by Crippen LogP contribution is -2.29. The summed E-state index contributed by atoms with van der Waals surface area (Å²) in [5, 5.41) is 13.9. The number of hydrogen-bond acceptors (Lipinski definition) is 4. The highest BCUT2D eigenvalue weighted by Gasteiger charge is 2.20. The molecular weight excluding hydrogens is 278 g/mol. The largest absolute Gasteiger partial charge is 0.497 e. The fourth-order valence-electron chi connectivity index (χ4n) is 3.04. The molecule has 2 unspecified atom stereocenters. The van der Waals surface area contributed by atoms with Crippen molar-refractivity contribution in [3.63, 3.8) is 0 Å². The Morgan fingerprint density at radius 3 is 3.09 bits per heavy atom. The van der Waals surface area contributed by atoms with E-state index in [1.807, 2.05) is 36.0 Å². The summed E-state index contributed by atoms with van der Waals surface area (Å²) < 4.78 is 13.0. The molecule has 0 radical (unpaired) electrons. The smallest absolute Gasteiger partial charge is 0.123 e. The number of benzene rings is 1. The van der Waals surface area contributed by atoms with Crippen LogP contribution in [0.4, 0.5) is 0 Å². The molecule has 3 rings (SSSR count). The van der Waals surface area contributed by atoms with Gasteiger partial charge in [0.15, 0.2) is 0 Å². The van der Waals surface area contributed by atoms with Crippen LogP contribution in [0.1, 0.15) is 24.4 Å². The Labute approximate surface area is 130 Å². The van der Waals surface area contributed by atoms with E-state index in [2.05, 4.69) is 11.4 Å². The van der Waals surface area contributed by atoms with Crippen LogP contribution >= 0.6 is 0 Å². The van der Waals surface area contributed by atoms with Crippen molar-refractivity contribution in [1.29, 1.82) is 5.26 Å². The predicted molar refractivity (Wildman–Crippen MR) is 84.8 cm³/mol. The van der Waals surface area contributed by atoms with Gasteiger partial charge in [0.25, 0.3) is 0 Å². The Hall–Kier alpha value is -2.03. The van der Waals surface area contributed by atoms with E-state index in [-0.39, 0.29) is 12.1 Å². The third kappa shape index (κ3) is 2.80. The molecule has 0 saturated carbocycles. The number of ether oxygens (including phenoxy) is 2. The third-order valence-corrected chi connectivity index (χ3v) is 4.24. The molecule has 22 heavy (non-hydrogen) atoms. The number of methoxy groups -OCH3 is 1. The summed E-state index contributed by atoms with van der Waals surface area (Å²) in [7, 11) is 3.65. The highest BCUT2D eigenvalue weighted by molar-refractivity contribution is 5.86. The highest BCUT2D eigenvalue weighted by atomic mass is 16.5. The molecule has 2 heterocycles. The van der Waals surface area contributed by atoms with Crippen LogP contribution in [0.2, 0.25) is 0 Å².